The standard InChI is InChI=1S/C21H29NO3/c1-4-5-7-12-18(22)17-13-20(23-2)21(24-3)14-19(17)25-15-16-10-8-6-9-11-16/h6,8-11,13-14,18H,4-5,7,12,15,22H2,1-3H3/t18-/m0/s1. The van der Waals surface area contributed by atoms with Gasteiger partial charge in [0.05, 0.1) is 14.2 Å². The number of hydrogen-bond donors (Lipinski definition) is 1. The normalized spacial score (nSPS) is 11.8. The minimum absolute atomic E-state index is 0.0860. The Kier molecular flexibility index (Phi) is 7.61. The Morgan fingerprint density at radius 1 is 0.920 bits per heavy atom. The zero-order valence-electron chi connectivity index (χ0n) is 15.5. The van der Waals surface area contributed by atoms with Crippen molar-refractivity contribution >= 4 is 0 Å². The average Bonchev–Trinajstić information content (AvgIpc) is 2.66. The smallest absolute Gasteiger partial charge is 0.164 e. The van der Waals surface area contributed by atoms with E-state index in [1.54, 1.807) is 14.2 Å². The molecule has 2 N–H and O–H groups in total. The summed E-state index contributed by atoms with van der Waals surface area (Å²) < 4.78 is 16.9. The van der Waals surface area contributed by atoms with Gasteiger partial charge in [-0.3, -0.25) is 0 Å². The van der Waals surface area contributed by atoms with Gasteiger partial charge in [-0.25, -0.2) is 0 Å². The van der Waals surface area contributed by atoms with Gasteiger partial charge in [0.1, 0.15) is 12.4 Å². The van der Waals surface area contributed by atoms with Gasteiger partial charge in [-0.1, -0.05) is 56.5 Å². The van der Waals surface area contributed by atoms with Crippen LogP contribution in [0.1, 0.15) is 49.8 Å². The van der Waals surface area contributed by atoms with E-state index < -0.39 is 0 Å². The third-order valence-electron chi connectivity index (χ3n) is 4.27. The number of nitrogens with two attached hydrogens (primary N) is 1. The second-order valence-corrected chi connectivity index (χ2v) is 6.12. The number of unbranched alkanes of at least 4 members (excludes halogenated alkanes) is 2. The zero-order chi connectivity index (χ0) is 18.1. The molecule has 0 unspecified atom stereocenters. The van der Waals surface area contributed by atoms with Gasteiger partial charge in [-0.05, 0) is 18.1 Å². The van der Waals surface area contributed by atoms with Crippen LogP contribution in [-0.2, 0) is 6.61 Å². The first-order chi connectivity index (χ1) is 12.2. The van der Waals surface area contributed by atoms with Crippen LogP contribution in [0.15, 0.2) is 42.5 Å². The highest BCUT2D eigenvalue weighted by atomic mass is 16.5. The Hall–Kier alpha value is -2.20. The van der Waals surface area contributed by atoms with Crippen LogP contribution in [0, 0.1) is 0 Å². The van der Waals surface area contributed by atoms with Crippen LogP contribution >= 0.6 is 0 Å². The van der Waals surface area contributed by atoms with Crippen molar-refractivity contribution in [3.05, 3.63) is 53.6 Å². The van der Waals surface area contributed by atoms with Crippen LogP contribution in [-0.4, -0.2) is 14.2 Å². The van der Waals surface area contributed by atoms with Gasteiger partial charge < -0.3 is 19.9 Å². The van der Waals surface area contributed by atoms with Crippen LogP contribution < -0.4 is 19.9 Å². The molecule has 2 rings (SSSR count). The molecule has 0 aliphatic carbocycles. The van der Waals surface area contributed by atoms with Gasteiger partial charge in [-0.2, -0.15) is 0 Å². The Bertz CT molecular complexity index is 643. The van der Waals surface area contributed by atoms with Crippen molar-refractivity contribution in [2.45, 2.75) is 45.3 Å². The molecule has 4 nitrogen and oxygen atoms in total. The van der Waals surface area contributed by atoms with Crippen molar-refractivity contribution in [1.82, 2.24) is 0 Å². The molecule has 0 aliphatic heterocycles. The number of hydrogen-bond acceptors (Lipinski definition) is 4. The highest BCUT2D eigenvalue weighted by Crippen LogP contribution is 2.38. The van der Waals surface area contributed by atoms with Crippen molar-refractivity contribution in [2.24, 2.45) is 5.73 Å². The van der Waals surface area contributed by atoms with E-state index in [4.69, 9.17) is 19.9 Å². The molecule has 0 saturated heterocycles. The summed E-state index contributed by atoms with van der Waals surface area (Å²) in [5.74, 6) is 2.08. The molecule has 0 amide bonds. The monoisotopic (exact) mass is 343 g/mol. The predicted octanol–water partition coefficient (Wildman–Crippen LogP) is 4.86. The van der Waals surface area contributed by atoms with Crippen LogP contribution in [0.2, 0.25) is 0 Å². The quantitative estimate of drug-likeness (QED) is 0.626. The van der Waals surface area contributed by atoms with E-state index >= 15 is 0 Å². The fourth-order valence-corrected chi connectivity index (χ4v) is 2.80. The summed E-state index contributed by atoms with van der Waals surface area (Å²) in [6.45, 7) is 2.68. The van der Waals surface area contributed by atoms with Gasteiger partial charge >= 0.3 is 0 Å². The molecular weight excluding hydrogens is 314 g/mol. The van der Waals surface area contributed by atoms with Gasteiger partial charge in [-0.15, -0.1) is 0 Å². The van der Waals surface area contributed by atoms with Gasteiger partial charge in [0.2, 0.25) is 0 Å². The topological polar surface area (TPSA) is 53.7 Å². The zero-order valence-corrected chi connectivity index (χ0v) is 15.5. The minimum atomic E-state index is -0.0860. The predicted molar refractivity (Wildman–Crippen MR) is 101 cm³/mol. The van der Waals surface area contributed by atoms with E-state index in [-0.39, 0.29) is 6.04 Å². The number of ether oxygens (including phenoxy) is 3. The summed E-state index contributed by atoms with van der Waals surface area (Å²) >= 11 is 0. The Morgan fingerprint density at radius 3 is 2.24 bits per heavy atom. The molecule has 0 bridgehead atoms. The molecular formula is C21H29NO3. The lowest BCUT2D eigenvalue weighted by atomic mass is 9.99. The maximum atomic E-state index is 6.44. The average molecular weight is 343 g/mol. The Balaban J connectivity index is 2.23. The molecule has 2 aromatic carbocycles. The summed E-state index contributed by atoms with van der Waals surface area (Å²) in [5, 5.41) is 0. The first-order valence-corrected chi connectivity index (χ1v) is 8.87. The lowest BCUT2D eigenvalue weighted by molar-refractivity contribution is 0.294. The van der Waals surface area contributed by atoms with Crippen molar-refractivity contribution in [3.8, 4) is 17.2 Å². The summed E-state index contributed by atoms with van der Waals surface area (Å²) in [6, 6.07) is 13.8. The molecule has 4 heteroatoms. The third kappa shape index (κ3) is 5.40. The molecule has 0 radical (unpaired) electrons. The molecule has 0 aromatic heterocycles. The lowest BCUT2D eigenvalue weighted by Gasteiger charge is -2.20. The molecule has 0 heterocycles. The van der Waals surface area contributed by atoms with Crippen LogP contribution in [0.25, 0.3) is 0 Å². The van der Waals surface area contributed by atoms with Crippen molar-refractivity contribution in [1.29, 1.82) is 0 Å². The maximum Gasteiger partial charge on any atom is 0.164 e. The summed E-state index contributed by atoms with van der Waals surface area (Å²) in [4.78, 5) is 0. The van der Waals surface area contributed by atoms with Crippen molar-refractivity contribution in [3.63, 3.8) is 0 Å². The molecule has 1 atom stereocenters. The highest BCUT2D eigenvalue weighted by molar-refractivity contribution is 5.51. The minimum Gasteiger partial charge on any atom is -0.493 e. The molecule has 25 heavy (non-hydrogen) atoms. The number of methoxy groups -OCH3 is 2. The SMILES string of the molecule is CCCCC[C@H](N)c1cc(OC)c(OC)cc1OCc1ccccc1. The second kappa shape index (κ2) is 9.94. The van der Waals surface area contributed by atoms with E-state index in [1.165, 1.54) is 12.8 Å². The molecule has 0 saturated carbocycles. The molecule has 136 valence electrons. The largest absolute Gasteiger partial charge is 0.493 e. The summed E-state index contributed by atoms with van der Waals surface area (Å²) in [6.07, 6.45) is 4.38. The van der Waals surface area contributed by atoms with Gasteiger partial charge in [0.15, 0.2) is 11.5 Å². The maximum absolute atomic E-state index is 6.44. The Labute approximate surface area is 150 Å². The first-order valence-electron chi connectivity index (χ1n) is 8.87. The van der Waals surface area contributed by atoms with Crippen molar-refractivity contribution < 1.29 is 14.2 Å². The van der Waals surface area contributed by atoms with E-state index in [9.17, 15) is 0 Å². The molecule has 0 aliphatic rings. The number of benzene rings is 2. The van der Waals surface area contributed by atoms with E-state index in [1.807, 2.05) is 42.5 Å². The molecule has 0 fully saturated rings. The molecule has 0 spiro atoms. The molecule has 2 aromatic rings. The summed E-state index contributed by atoms with van der Waals surface area (Å²) in [7, 11) is 3.26. The van der Waals surface area contributed by atoms with Crippen LogP contribution in [0.4, 0.5) is 0 Å². The second-order valence-electron chi connectivity index (χ2n) is 6.12. The van der Waals surface area contributed by atoms with Crippen molar-refractivity contribution in [2.75, 3.05) is 14.2 Å². The summed E-state index contributed by atoms with van der Waals surface area (Å²) in [5.41, 5.74) is 8.52. The van der Waals surface area contributed by atoms with Gasteiger partial charge in [0.25, 0.3) is 0 Å². The fourth-order valence-electron chi connectivity index (χ4n) is 2.80. The fraction of sp³-hybridized carbons (Fsp3) is 0.429. The van der Waals surface area contributed by atoms with Crippen LogP contribution in [0.3, 0.4) is 0 Å². The Morgan fingerprint density at radius 2 is 1.60 bits per heavy atom. The third-order valence-corrected chi connectivity index (χ3v) is 4.27. The van der Waals surface area contributed by atoms with E-state index in [0.717, 1.165) is 29.7 Å². The highest BCUT2D eigenvalue weighted by Gasteiger charge is 2.17. The first kappa shape index (κ1) is 19.1. The lowest BCUT2D eigenvalue weighted by Crippen LogP contribution is -2.13. The van der Waals surface area contributed by atoms with Gasteiger partial charge in [0, 0.05) is 17.7 Å². The van der Waals surface area contributed by atoms with E-state index in [0.29, 0.717) is 18.1 Å². The van der Waals surface area contributed by atoms with E-state index in [2.05, 4.69) is 6.92 Å². The number of rotatable bonds is 10. The van der Waals surface area contributed by atoms with Crippen LogP contribution in [0.5, 0.6) is 17.2 Å².